The van der Waals surface area contributed by atoms with Crippen LogP contribution in [0.2, 0.25) is 0 Å². The van der Waals surface area contributed by atoms with Crippen LogP contribution in [0.5, 0.6) is 0 Å². The number of carbonyl (C=O) groups is 1. The van der Waals surface area contributed by atoms with Gasteiger partial charge < -0.3 is 5.11 Å². The Kier molecular flexibility index (Phi) is 3.31. The first-order valence-electron chi connectivity index (χ1n) is 8.97. The van der Waals surface area contributed by atoms with Gasteiger partial charge in [-0.3, -0.25) is 4.79 Å². The van der Waals surface area contributed by atoms with Crippen molar-refractivity contribution in [1.82, 2.24) is 0 Å². The van der Waals surface area contributed by atoms with Crippen LogP contribution in [0, 0.1) is 35.0 Å². The zero-order valence-electron chi connectivity index (χ0n) is 13.6. The number of carbonyl (C=O) groups excluding carboxylic acids is 1. The van der Waals surface area contributed by atoms with E-state index in [4.69, 9.17) is 0 Å². The maximum absolute atomic E-state index is 14.2. The first-order valence-corrected chi connectivity index (χ1v) is 8.97. The number of aliphatic hydroxyl groups is 1. The molecule has 4 rings (SSSR count). The van der Waals surface area contributed by atoms with Gasteiger partial charge in [-0.25, -0.2) is 4.39 Å². The highest BCUT2D eigenvalue weighted by Gasteiger charge is 2.60. The lowest BCUT2D eigenvalue weighted by atomic mass is 9.49. The van der Waals surface area contributed by atoms with Gasteiger partial charge in [0, 0.05) is 6.42 Å². The quantitative estimate of drug-likeness (QED) is 0.741. The Morgan fingerprint density at radius 2 is 2.14 bits per heavy atom. The highest BCUT2D eigenvalue weighted by atomic mass is 18.2. The smallest absolute Gasteiger partial charge is 0.155 e. The minimum absolute atomic E-state index is 0.236. The summed E-state index contributed by atoms with van der Waals surface area (Å²) in [7, 11) is 0. The molecular weight excluding hydrogens is 278 g/mol. The Morgan fingerprint density at radius 1 is 1.36 bits per heavy atom. The zero-order chi connectivity index (χ0) is 15.6. The third-order valence-corrected chi connectivity index (χ3v) is 7.58. The molecule has 3 fully saturated rings. The number of allylic oxidation sites excluding steroid dienone is 1. The summed E-state index contributed by atoms with van der Waals surface area (Å²) in [5.41, 5.74) is 1.13. The molecule has 2 nitrogen and oxygen atoms in total. The van der Waals surface area contributed by atoms with Gasteiger partial charge in [-0.1, -0.05) is 19.4 Å². The van der Waals surface area contributed by atoms with Gasteiger partial charge in [0.05, 0.1) is 6.10 Å². The Hall–Kier alpha value is -0.700. The van der Waals surface area contributed by atoms with Crippen molar-refractivity contribution in [1.29, 1.82) is 0 Å². The Balaban J connectivity index is 1.69. The second-order valence-corrected chi connectivity index (χ2v) is 8.60. The van der Waals surface area contributed by atoms with E-state index in [0.717, 1.165) is 25.7 Å². The van der Waals surface area contributed by atoms with Crippen LogP contribution >= 0.6 is 0 Å². The van der Waals surface area contributed by atoms with Crippen LogP contribution in [-0.4, -0.2) is 23.2 Å². The number of fused-ring (bicyclic) bond motifs is 5. The molecule has 0 radical (unpaired) electrons. The molecular formula is C19H27FO2. The fourth-order valence-corrected chi connectivity index (χ4v) is 6.54. The highest BCUT2D eigenvalue weighted by molar-refractivity contribution is 5.91. The molecule has 122 valence electrons. The number of halogens is 1. The van der Waals surface area contributed by atoms with E-state index in [1.165, 1.54) is 5.57 Å². The van der Waals surface area contributed by atoms with Crippen molar-refractivity contribution in [3.05, 3.63) is 11.6 Å². The van der Waals surface area contributed by atoms with Gasteiger partial charge in [-0.15, -0.1) is 0 Å². The van der Waals surface area contributed by atoms with E-state index in [-0.39, 0.29) is 11.2 Å². The maximum Gasteiger partial charge on any atom is 0.155 e. The van der Waals surface area contributed by atoms with Gasteiger partial charge in [0.1, 0.15) is 6.17 Å². The van der Waals surface area contributed by atoms with E-state index in [1.807, 2.05) is 6.08 Å². The van der Waals surface area contributed by atoms with Crippen molar-refractivity contribution in [2.24, 2.45) is 35.0 Å². The van der Waals surface area contributed by atoms with E-state index >= 15 is 0 Å². The SMILES string of the molecule is C[C@@H]1CC2=CC(=O)CC[C@@H]2[C@H]2CC[C@]3(C)[C@@H](O)[C@@H]([18F])C[C@H]3[C@@H]21. The van der Waals surface area contributed by atoms with E-state index in [9.17, 15) is 14.3 Å². The number of hydrogen-bond acceptors (Lipinski definition) is 2. The zero-order valence-corrected chi connectivity index (χ0v) is 13.6. The molecule has 0 saturated heterocycles. The van der Waals surface area contributed by atoms with E-state index in [2.05, 4.69) is 13.8 Å². The Labute approximate surface area is 132 Å². The van der Waals surface area contributed by atoms with Gasteiger partial charge in [-0.2, -0.15) is 0 Å². The highest BCUT2D eigenvalue weighted by Crippen LogP contribution is 2.63. The van der Waals surface area contributed by atoms with Gasteiger partial charge in [0.15, 0.2) is 5.78 Å². The van der Waals surface area contributed by atoms with Gasteiger partial charge in [0.2, 0.25) is 0 Å². The Bertz CT molecular complexity index is 528. The lowest BCUT2D eigenvalue weighted by Gasteiger charge is -2.55. The molecule has 3 saturated carbocycles. The monoisotopic (exact) mass is 305 g/mol. The van der Waals surface area contributed by atoms with Gasteiger partial charge in [0.25, 0.3) is 0 Å². The number of hydrogen-bond donors (Lipinski definition) is 1. The van der Waals surface area contributed by atoms with Gasteiger partial charge in [-0.05, 0) is 73.2 Å². The number of aliphatic hydroxyl groups excluding tert-OH is 1. The van der Waals surface area contributed by atoms with E-state index in [1.54, 1.807) is 0 Å². The minimum atomic E-state index is -1.05. The Morgan fingerprint density at radius 3 is 2.91 bits per heavy atom. The van der Waals surface area contributed by atoms with E-state index in [0.29, 0.717) is 42.4 Å². The molecule has 8 atom stereocenters. The van der Waals surface area contributed by atoms with Crippen LogP contribution in [0.1, 0.15) is 52.4 Å². The van der Waals surface area contributed by atoms with Crippen LogP contribution in [0.15, 0.2) is 11.6 Å². The largest absolute Gasteiger partial charge is 0.390 e. The van der Waals surface area contributed by atoms with Crippen molar-refractivity contribution in [3.8, 4) is 0 Å². The third-order valence-electron chi connectivity index (χ3n) is 7.58. The first-order chi connectivity index (χ1) is 10.4. The summed E-state index contributed by atoms with van der Waals surface area (Å²) in [4.78, 5) is 11.7. The second-order valence-electron chi connectivity index (χ2n) is 8.60. The normalized spacial score (nSPS) is 54.3. The summed E-state index contributed by atoms with van der Waals surface area (Å²) in [6.07, 6.45) is 5.31. The second kappa shape index (κ2) is 4.90. The average molecular weight is 305 g/mol. The minimum Gasteiger partial charge on any atom is -0.390 e. The molecule has 3 heteroatoms. The standard InChI is InChI=1S/C19H27FO2/c1-10-7-11-8-12(21)3-4-13(11)14-5-6-19(2)15(17(10)14)9-16(20)18(19)22/h8,10,13-18,22H,3-7,9H2,1-2H3/t10-,13+,14-,15+,16+,17-,18+,19+/m1/s1/i20-1. The lowest BCUT2D eigenvalue weighted by molar-refractivity contribution is -0.116. The van der Waals surface area contributed by atoms with Crippen LogP contribution < -0.4 is 0 Å². The fourth-order valence-electron chi connectivity index (χ4n) is 6.54. The van der Waals surface area contributed by atoms with Crippen molar-refractivity contribution < 1.29 is 14.3 Å². The fraction of sp³-hybridized carbons (Fsp3) is 0.842. The summed E-state index contributed by atoms with van der Waals surface area (Å²) in [6.45, 7) is 4.39. The van der Waals surface area contributed by atoms with Crippen LogP contribution in [0.3, 0.4) is 0 Å². The van der Waals surface area contributed by atoms with Crippen LogP contribution in [0.4, 0.5) is 4.39 Å². The van der Waals surface area contributed by atoms with Crippen molar-refractivity contribution in [3.63, 3.8) is 0 Å². The van der Waals surface area contributed by atoms with Crippen LogP contribution in [0.25, 0.3) is 0 Å². The van der Waals surface area contributed by atoms with Gasteiger partial charge >= 0.3 is 0 Å². The molecule has 22 heavy (non-hydrogen) atoms. The van der Waals surface area contributed by atoms with Crippen molar-refractivity contribution >= 4 is 5.78 Å². The van der Waals surface area contributed by atoms with Crippen molar-refractivity contribution in [2.75, 3.05) is 0 Å². The predicted molar refractivity (Wildman–Crippen MR) is 82.9 cm³/mol. The maximum atomic E-state index is 14.2. The first kappa shape index (κ1) is 14.9. The summed E-state index contributed by atoms with van der Waals surface area (Å²) in [5, 5.41) is 10.4. The molecule has 0 aromatic carbocycles. The molecule has 0 aliphatic heterocycles. The number of alkyl halides is 1. The molecule has 0 unspecified atom stereocenters. The number of rotatable bonds is 0. The predicted octanol–water partition coefficient (Wildman–Crippen LogP) is 3.68. The summed E-state index contributed by atoms with van der Waals surface area (Å²) >= 11 is 0. The topological polar surface area (TPSA) is 37.3 Å². The number of ketones is 1. The summed E-state index contributed by atoms with van der Waals surface area (Å²) < 4.78 is 14.2. The molecule has 1 N–H and O–H groups in total. The van der Waals surface area contributed by atoms with E-state index < -0.39 is 12.3 Å². The summed E-state index contributed by atoms with van der Waals surface area (Å²) in [6, 6.07) is 0. The molecule has 0 spiro atoms. The summed E-state index contributed by atoms with van der Waals surface area (Å²) in [5.74, 6) is 2.76. The molecule has 0 aromatic heterocycles. The third kappa shape index (κ3) is 1.90. The molecule has 4 aliphatic carbocycles. The average Bonchev–Trinajstić information content (AvgIpc) is 2.70. The van der Waals surface area contributed by atoms with Crippen molar-refractivity contribution in [2.45, 2.75) is 64.6 Å². The molecule has 4 aliphatic rings. The molecule has 0 bridgehead atoms. The molecule has 0 heterocycles. The molecule has 0 amide bonds. The van der Waals surface area contributed by atoms with Crippen LogP contribution in [-0.2, 0) is 4.79 Å². The lowest BCUT2D eigenvalue weighted by Crippen LogP contribution is -2.50. The molecule has 0 aromatic rings.